The lowest BCUT2D eigenvalue weighted by atomic mass is 10.0. The van der Waals surface area contributed by atoms with Crippen molar-refractivity contribution in [2.24, 2.45) is 0 Å². The molecule has 154 valence electrons. The fourth-order valence-electron chi connectivity index (χ4n) is 4.38. The zero-order valence-electron chi connectivity index (χ0n) is 16.6. The summed E-state index contributed by atoms with van der Waals surface area (Å²) in [5, 5.41) is 0. The molecule has 0 saturated heterocycles. The van der Waals surface area contributed by atoms with E-state index in [4.69, 9.17) is 0 Å². The van der Waals surface area contributed by atoms with Crippen LogP contribution in [0.2, 0.25) is 0 Å². The van der Waals surface area contributed by atoms with Gasteiger partial charge in [0.15, 0.2) is 0 Å². The Bertz CT molecular complexity index is 1170. The van der Waals surface area contributed by atoms with Crippen molar-refractivity contribution >= 4 is 33.7 Å². The Hall–Kier alpha value is -3.25. The summed E-state index contributed by atoms with van der Waals surface area (Å²) >= 11 is 3.47. The van der Waals surface area contributed by atoms with E-state index in [1.807, 2.05) is 48.5 Å². The van der Waals surface area contributed by atoms with Crippen molar-refractivity contribution in [2.45, 2.75) is 19.0 Å². The average Bonchev–Trinajstić information content (AvgIpc) is 3.23. The first-order chi connectivity index (χ1) is 15.0. The van der Waals surface area contributed by atoms with E-state index in [1.54, 1.807) is 29.2 Å². The van der Waals surface area contributed by atoms with Gasteiger partial charge in [-0.05, 0) is 47.9 Å². The summed E-state index contributed by atoms with van der Waals surface area (Å²) < 4.78 is 0.917. The van der Waals surface area contributed by atoms with Gasteiger partial charge in [0.2, 0.25) is 0 Å². The number of nitrogens with zero attached hydrogens (tertiary/aromatic N) is 2. The molecule has 3 aromatic rings. The van der Waals surface area contributed by atoms with Crippen molar-refractivity contribution in [2.75, 3.05) is 6.54 Å². The lowest BCUT2D eigenvalue weighted by molar-refractivity contribution is 0.0528. The third-order valence-corrected chi connectivity index (χ3v) is 6.42. The predicted molar refractivity (Wildman–Crippen MR) is 120 cm³/mol. The SMILES string of the molecule is O=C1c2ccccc2C(=O)N1CC(Cc1ccccc1)N1Cc2cc(Br)ccc2C1=O. The van der Waals surface area contributed by atoms with Crippen LogP contribution in [0.15, 0.2) is 77.3 Å². The molecule has 0 spiro atoms. The Morgan fingerprint density at radius 1 is 0.774 bits per heavy atom. The zero-order valence-corrected chi connectivity index (χ0v) is 18.2. The molecule has 0 aromatic heterocycles. The fraction of sp³-hybridized carbons (Fsp3) is 0.160. The Balaban J connectivity index is 1.47. The van der Waals surface area contributed by atoms with Crippen LogP contribution in [0.3, 0.4) is 0 Å². The molecule has 0 saturated carbocycles. The zero-order chi connectivity index (χ0) is 21.5. The fourth-order valence-corrected chi connectivity index (χ4v) is 4.79. The summed E-state index contributed by atoms with van der Waals surface area (Å²) in [6.45, 7) is 0.608. The highest BCUT2D eigenvalue weighted by molar-refractivity contribution is 9.10. The van der Waals surface area contributed by atoms with Crippen LogP contribution in [0.25, 0.3) is 0 Å². The normalized spacial score (nSPS) is 16.0. The van der Waals surface area contributed by atoms with Crippen molar-refractivity contribution in [1.82, 2.24) is 9.80 Å². The Morgan fingerprint density at radius 2 is 1.42 bits per heavy atom. The van der Waals surface area contributed by atoms with Crippen LogP contribution in [-0.2, 0) is 13.0 Å². The van der Waals surface area contributed by atoms with Gasteiger partial charge >= 0.3 is 0 Å². The van der Waals surface area contributed by atoms with Crippen LogP contribution in [0, 0.1) is 0 Å². The highest BCUT2D eigenvalue weighted by atomic mass is 79.9. The number of halogens is 1. The van der Waals surface area contributed by atoms with E-state index in [0.717, 1.165) is 15.6 Å². The van der Waals surface area contributed by atoms with Crippen LogP contribution in [0.1, 0.15) is 42.2 Å². The minimum Gasteiger partial charge on any atom is -0.329 e. The molecule has 2 heterocycles. The Kier molecular flexibility index (Phi) is 4.94. The number of fused-ring (bicyclic) bond motifs is 2. The lowest BCUT2D eigenvalue weighted by Crippen LogP contribution is -2.47. The van der Waals surface area contributed by atoms with E-state index < -0.39 is 0 Å². The number of carbonyl (C=O) groups excluding carboxylic acids is 3. The van der Waals surface area contributed by atoms with Crippen LogP contribution in [0.5, 0.6) is 0 Å². The predicted octanol–water partition coefficient (Wildman–Crippen LogP) is 4.31. The minimum absolute atomic E-state index is 0.0694. The van der Waals surface area contributed by atoms with Crippen LogP contribution >= 0.6 is 15.9 Å². The first-order valence-electron chi connectivity index (χ1n) is 10.1. The van der Waals surface area contributed by atoms with E-state index in [0.29, 0.717) is 29.7 Å². The number of rotatable bonds is 5. The van der Waals surface area contributed by atoms with Gasteiger partial charge in [0, 0.05) is 16.6 Å². The number of carbonyl (C=O) groups is 3. The van der Waals surface area contributed by atoms with Crippen molar-refractivity contribution in [3.05, 3.63) is 105 Å². The molecule has 31 heavy (non-hydrogen) atoms. The quantitative estimate of drug-likeness (QED) is 0.517. The van der Waals surface area contributed by atoms with E-state index in [1.165, 1.54) is 4.90 Å². The molecule has 5 nitrogen and oxygen atoms in total. The topological polar surface area (TPSA) is 57.7 Å². The molecule has 2 aliphatic rings. The summed E-state index contributed by atoms with van der Waals surface area (Å²) in [5.41, 5.74) is 3.51. The Morgan fingerprint density at radius 3 is 2.10 bits per heavy atom. The maximum absolute atomic E-state index is 13.2. The molecular formula is C25H19BrN2O3. The number of imide groups is 1. The van der Waals surface area contributed by atoms with Gasteiger partial charge in [-0.15, -0.1) is 0 Å². The smallest absolute Gasteiger partial charge is 0.261 e. The minimum atomic E-state index is -0.330. The molecule has 0 fully saturated rings. The van der Waals surface area contributed by atoms with E-state index >= 15 is 0 Å². The van der Waals surface area contributed by atoms with Gasteiger partial charge in [-0.25, -0.2) is 0 Å². The summed E-state index contributed by atoms with van der Waals surface area (Å²) in [6, 6.07) is 22.0. The monoisotopic (exact) mass is 474 g/mol. The van der Waals surface area contributed by atoms with Crippen LogP contribution in [0.4, 0.5) is 0 Å². The maximum Gasteiger partial charge on any atom is 0.261 e. The van der Waals surface area contributed by atoms with Crippen molar-refractivity contribution in [3.8, 4) is 0 Å². The first kappa shape index (κ1) is 19.7. The average molecular weight is 475 g/mol. The molecule has 1 unspecified atom stereocenters. The molecule has 0 aliphatic carbocycles. The highest BCUT2D eigenvalue weighted by Crippen LogP contribution is 2.30. The molecule has 1 atom stereocenters. The molecule has 2 aliphatic heterocycles. The van der Waals surface area contributed by atoms with Gasteiger partial charge in [0.1, 0.15) is 0 Å². The second-order valence-electron chi connectivity index (χ2n) is 7.84. The Labute approximate surface area is 188 Å². The second kappa shape index (κ2) is 7.78. The van der Waals surface area contributed by atoms with Gasteiger partial charge in [-0.1, -0.05) is 58.4 Å². The summed E-state index contributed by atoms with van der Waals surface area (Å²) in [5.74, 6) is -0.670. The first-order valence-corrected chi connectivity index (χ1v) is 10.9. The second-order valence-corrected chi connectivity index (χ2v) is 8.76. The molecule has 0 N–H and O–H groups in total. The van der Waals surface area contributed by atoms with E-state index in [2.05, 4.69) is 15.9 Å². The molecule has 0 radical (unpaired) electrons. The van der Waals surface area contributed by atoms with Gasteiger partial charge in [0.25, 0.3) is 17.7 Å². The lowest BCUT2D eigenvalue weighted by Gasteiger charge is -2.31. The summed E-state index contributed by atoms with van der Waals surface area (Å²) in [6.07, 6.45) is 0.551. The van der Waals surface area contributed by atoms with E-state index in [9.17, 15) is 14.4 Å². The van der Waals surface area contributed by atoms with Gasteiger partial charge in [-0.2, -0.15) is 0 Å². The van der Waals surface area contributed by atoms with Gasteiger partial charge in [-0.3, -0.25) is 19.3 Å². The largest absolute Gasteiger partial charge is 0.329 e. The molecule has 6 heteroatoms. The van der Waals surface area contributed by atoms with E-state index in [-0.39, 0.29) is 30.3 Å². The standard InChI is InChI=1S/C25H19BrN2O3/c26-18-10-11-20-17(13-18)14-27(23(20)29)19(12-16-6-2-1-3-7-16)15-28-24(30)21-8-4-5-9-22(21)25(28)31/h1-11,13,19H,12,14-15H2. The number of amides is 3. The third-order valence-electron chi connectivity index (χ3n) is 5.93. The number of benzene rings is 3. The maximum atomic E-state index is 13.2. The van der Waals surface area contributed by atoms with Crippen molar-refractivity contribution in [1.29, 1.82) is 0 Å². The molecule has 5 rings (SSSR count). The third kappa shape index (κ3) is 3.47. The number of hydrogen-bond acceptors (Lipinski definition) is 3. The summed E-state index contributed by atoms with van der Waals surface area (Å²) in [7, 11) is 0. The number of hydrogen-bond donors (Lipinski definition) is 0. The summed E-state index contributed by atoms with van der Waals surface area (Å²) in [4.78, 5) is 42.2. The molecule has 3 amide bonds. The van der Waals surface area contributed by atoms with Gasteiger partial charge in [0.05, 0.1) is 23.7 Å². The molecule has 0 bridgehead atoms. The van der Waals surface area contributed by atoms with Crippen molar-refractivity contribution in [3.63, 3.8) is 0 Å². The van der Waals surface area contributed by atoms with Crippen molar-refractivity contribution < 1.29 is 14.4 Å². The molecule has 3 aromatic carbocycles. The van der Waals surface area contributed by atoms with Crippen LogP contribution < -0.4 is 0 Å². The molecular weight excluding hydrogens is 456 g/mol. The highest BCUT2D eigenvalue weighted by Gasteiger charge is 2.40. The van der Waals surface area contributed by atoms with Crippen LogP contribution in [-0.4, -0.2) is 40.1 Å². The van der Waals surface area contributed by atoms with Gasteiger partial charge < -0.3 is 4.90 Å².